The molecule has 0 aromatic carbocycles. The summed E-state index contributed by atoms with van der Waals surface area (Å²) >= 11 is 0. The molecule has 14 heavy (non-hydrogen) atoms. The van der Waals surface area contributed by atoms with E-state index in [4.69, 9.17) is 5.73 Å². The molecule has 0 spiro atoms. The van der Waals surface area contributed by atoms with E-state index in [1.54, 1.807) is 0 Å². The standard InChI is InChI=1S/C12H24N2/c1-2-14(12-6-7-12)9-11-5-3-4-10(11)8-13/h10-12H,2-9,13H2,1H3. The monoisotopic (exact) mass is 196 g/mol. The molecule has 2 nitrogen and oxygen atoms in total. The Bertz CT molecular complexity index is 177. The van der Waals surface area contributed by atoms with Crippen molar-refractivity contribution in [3.05, 3.63) is 0 Å². The second-order valence-electron chi connectivity index (χ2n) is 5.01. The number of hydrogen-bond donors (Lipinski definition) is 1. The molecule has 2 fully saturated rings. The van der Waals surface area contributed by atoms with Gasteiger partial charge in [0.15, 0.2) is 0 Å². The molecule has 0 aromatic rings. The van der Waals surface area contributed by atoms with Gasteiger partial charge in [0, 0.05) is 12.6 Å². The highest BCUT2D eigenvalue weighted by Gasteiger charge is 2.33. The lowest BCUT2D eigenvalue weighted by atomic mass is 9.95. The third kappa shape index (κ3) is 2.29. The minimum atomic E-state index is 0.822. The highest BCUT2D eigenvalue weighted by Crippen LogP contribution is 2.34. The largest absolute Gasteiger partial charge is 0.330 e. The van der Waals surface area contributed by atoms with E-state index in [0.29, 0.717) is 0 Å². The first-order chi connectivity index (χ1) is 6.85. The molecular weight excluding hydrogens is 172 g/mol. The predicted molar refractivity (Wildman–Crippen MR) is 60.2 cm³/mol. The summed E-state index contributed by atoms with van der Waals surface area (Å²) in [6, 6.07) is 0.930. The van der Waals surface area contributed by atoms with Crippen molar-refractivity contribution in [1.29, 1.82) is 0 Å². The van der Waals surface area contributed by atoms with Crippen LogP contribution in [0.15, 0.2) is 0 Å². The Morgan fingerprint density at radius 1 is 1.14 bits per heavy atom. The maximum atomic E-state index is 5.81. The molecule has 0 saturated heterocycles. The number of rotatable bonds is 5. The Labute approximate surface area is 87.8 Å². The highest BCUT2D eigenvalue weighted by atomic mass is 15.2. The molecule has 2 N–H and O–H groups in total. The zero-order valence-corrected chi connectivity index (χ0v) is 9.41. The van der Waals surface area contributed by atoms with Gasteiger partial charge in [0.05, 0.1) is 0 Å². The van der Waals surface area contributed by atoms with Crippen molar-refractivity contribution >= 4 is 0 Å². The van der Waals surface area contributed by atoms with Gasteiger partial charge in [-0.3, -0.25) is 0 Å². The summed E-state index contributed by atoms with van der Waals surface area (Å²) in [5, 5.41) is 0. The first-order valence-corrected chi connectivity index (χ1v) is 6.29. The molecule has 82 valence electrons. The Balaban J connectivity index is 1.81. The lowest BCUT2D eigenvalue weighted by molar-refractivity contribution is 0.207. The average Bonchev–Trinajstić information content (AvgIpc) is 2.95. The van der Waals surface area contributed by atoms with Crippen LogP contribution in [0.25, 0.3) is 0 Å². The second kappa shape index (κ2) is 4.63. The van der Waals surface area contributed by atoms with E-state index < -0.39 is 0 Å². The lowest BCUT2D eigenvalue weighted by Gasteiger charge is -2.27. The van der Waals surface area contributed by atoms with E-state index in [9.17, 15) is 0 Å². The average molecular weight is 196 g/mol. The molecule has 2 aliphatic rings. The normalized spacial score (nSPS) is 32.8. The van der Waals surface area contributed by atoms with Gasteiger partial charge in [-0.15, -0.1) is 0 Å². The van der Waals surface area contributed by atoms with E-state index in [-0.39, 0.29) is 0 Å². The van der Waals surface area contributed by atoms with Crippen molar-refractivity contribution in [2.24, 2.45) is 17.6 Å². The minimum Gasteiger partial charge on any atom is -0.330 e. The summed E-state index contributed by atoms with van der Waals surface area (Å²) in [7, 11) is 0. The van der Waals surface area contributed by atoms with Crippen LogP contribution in [0, 0.1) is 11.8 Å². The summed E-state index contributed by atoms with van der Waals surface area (Å²) in [5.41, 5.74) is 5.81. The van der Waals surface area contributed by atoms with Gasteiger partial charge in [0.2, 0.25) is 0 Å². The minimum absolute atomic E-state index is 0.822. The highest BCUT2D eigenvalue weighted by molar-refractivity contribution is 4.88. The van der Waals surface area contributed by atoms with E-state index in [0.717, 1.165) is 24.4 Å². The fourth-order valence-corrected chi connectivity index (χ4v) is 2.94. The lowest BCUT2D eigenvalue weighted by Crippen LogP contribution is -2.34. The Morgan fingerprint density at radius 3 is 2.43 bits per heavy atom. The SMILES string of the molecule is CCN(CC1CCCC1CN)C1CC1. The third-order valence-electron chi connectivity index (χ3n) is 4.06. The van der Waals surface area contributed by atoms with Crippen LogP contribution in [-0.4, -0.2) is 30.6 Å². The van der Waals surface area contributed by atoms with Gasteiger partial charge in [-0.2, -0.15) is 0 Å². The summed E-state index contributed by atoms with van der Waals surface area (Å²) < 4.78 is 0. The molecule has 2 saturated carbocycles. The second-order valence-corrected chi connectivity index (χ2v) is 5.01. The Morgan fingerprint density at radius 2 is 1.86 bits per heavy atom. The fourth-order valence-electron chi connectivity index (χ4n) is 2.94. The van der Waals surface area contributed by atoms with Crippen molar-refractivity contribution < 1.29 is 0 Å². The van der Waals surface area contributed by atoms with Crippen molar-refractivity contribution in [2.75, 3.05) is 19.6 Å². The molecule has 2 rings (SSSR count). The molecule has 2 unspecified atom stereocenters. The molecule has 2 atom stereocenters. The summed E-state index contributed by atoms with van der Waals surface area (Å²) in [4.78, 5) is 2.68. The number of nitrogens with zero attached hydrogens (tertiary/aromatic N) is 1. The molecule has 0 aliphatic heterocycles. The maximum Gasteiger partial charge on any atom is 0.00964 e. The zero-order chi connectivity index (χ0) is 9.97. The fraction of sp³-hybridized carbons (Fsp3) is 1.00. The van der Waals surface area contributed by atoms with Crippen LogP contribution in [0.2, 0.25) is 0 Å². The van der Waals surface area contributed by atoms with Crippen LogP contribution in [0.1, 0.15) is 39.0 Å². The summed E-state index contributed by atoms with van der Waals surface area (Å²) in [6.45, 7) is 5.76. The Hall–Kier alpha value is -0.0800. The van der Waals surface area contributed by atoms with Gasteiger partial charge < -0.3 is 10.6 Å². The Kier molecular flexibility index (Phi) is 3.45. The molecule has 2 heteroatoms. The topological polar surface area (TPSA) is 29.3 Å². The van der Waals surface area contributed by atoms with Crippen LogP contribution in [0.4, 0.5) is 0 Å². The van der Waals surface area contributed by atoms with Gasteiger partial charge in [0.1, 0.15) is 0 Å². The van der Waals surface area contributed by atoms with Gasteiger partial charge in [0.25, 0.3) is 0 Å². The van der Waals surface area contributed by atoms with Crippen molar-refractivity contribution in [1.82, 2.24) is 4.90 Å². The van der Waals surface area contributed by atoms with Gasteiger partial charge >= 0.3 is 0 Å². The van der Waals surface area contributed by atoms with Crippen LogP contribution < -0.4 is 5.73 Å². The van der Waals surface area contributed by atoms with Gasteiger partial charge in [-0.1, -0.05) is 13.3 Å². The maximum absolute atomic E-state index is 5.81. The van der Waals surface area contributed by atoms with Crippen molar-refractivity contribution in [2.45, 2.75) is 45.1 Å². The molecule has 0 bridgehead atoms. The third-order valence-corrected chi connectivity index (χ3v) is 4.06. The van der Waals surface area contributed by atoms with E-state index in [2.05, 4.69) is 11.8 Å². The van der Waals surface area contributed by atoms with Crippen molar-refractivity contribution in [3.63, 3.8) is 0 Å². The molecular formula is C12H24N2. The van der Waals surface area contributed by atoms with Gasteiger partial charge in [-0.25, -0.2) is 0 Å². The van der Waals surface area contributed by atoms with E-state index in [1.807, 2.05) is 0 Å². The molecule has 0 amide bonds. The van der Waals surface area contributed by atoms with Crippen molar-refractivity contribution in [3.8, 4) is 0 Å². The van der Waals surface area contributed by atoms with E-state index >= 15 is 0 Å². The molecule has 0 heterocycles. The molecule has 2 aliphatic carbocycles. The van der Waals surface area contributed by atoms with Crippen LogP contribution >= 0.6 is 0 Å². The van der Waals surface area contributed by atoms with Crippen LogP contribution in [0.3, 0.4) is 0 Å². The first kappa shape index (κ1) is 10.4. The summed E-state index contributed by atoms with van der Waals surface area (Å²) in [6.07, 6.45) is 7.09. The van der Waals surface area contributed by atoms with Gasteiger partial charge in [-0.05, 0) is 50.6 Å². The van der Waals surface area contributed by atoms with Crippen LogP contribution in [0.5, 0.6) is 0 Å². The summed E-state index contributed by atoms with van der Waals surface area (Å²) in [5.74, 6) is 1.73. The van der Waals surface area contributed by atoms with E-state index in [1.165, 1.54) is 45.2 Å². The number of hydrogen-bond acceptors (Lipinski definition) is 2. The zero-order valence-electron chi connectivity index (χ0n) is 9.41. The molecule has 0 aromatic heterocycles. The number of nitrogens with two attached hydrogens (primary N) is 1. The first-order valence-electron chi connectivity index (χ1n) is 6.29. The smallest absolute Gasteiger partial charge is 0.00964 e. The van der Waals surface area contributed by atoms with Crippen LogP contribution in [-0.2, 0) is 0 Å². The predicted octanol–water partition coefficient (Wildman–Crippen LogP) is 1.85. The quantitative estimate of drug-likeness (QED) is 0.727. The molecule has 0 radical (unpaired) electrons.